The maximum absolute atomic E-state index is 13.7. The number of carbonyl (C=O) groups is 2. The lowest BCUT2D eigenvalue weighted by Crippen LogP contribution is -2.30. The predicted octanol–water partition coefficient (Wildman–Crippen LogP) is 5.39. The summed E-state index contributed by atoms with van der Waals surface area (Å²) in [5.74, 6) is -0.425. The standard InChI is InChI=1S/C27H23NO3S/c1-18-12-15-21(16-13-18)28-26(30)24(20-9-4-3-5-10-20)25(27(28)32)22-11-7-6-8-19(22)14-17-23(29)31-2/h3-13,15-16H,14,17H2,1-2H3. The van der Waals surface area contributed by atoms with Crippen LogP contribution in [0.15, 0.2) is 78.9 Å². The molecule has 32 heavy (non-hydrogen) atoms. The predicted molar refractivity (Wildman–Crippen MR) is 131 cm³/mol. The first-order chi connectivity index (χ1) is 15.5. The van der Waals surface area contributed by atoms with E-state index >= 15 is 0 Å². The maximum atomic E-state index is 13.7. The normalized spacial score (nSPS) is 13.6. The molecule has 4 nitrogen and oxygen atoms in total. The third-order valence-corrected chi connectivity index (χ3v) is 5.94. The van der Waals surface area contributed by atoms with Crippen molar-refractivity contribution in [1.82, 2.24) is 0 Å². The first kappa shape index (κ1) is 21.7. The van der Waals surface area contributed by atoms with Gasteiger partial charge in [-0.2, -0.15) is 0 Å². The van der Waals surface area contributed by atoms with Gasteiger partial charge in [0.2, 0.25) is 0 Å². The second-order valence-corrected chi connectivity index (χ2v) is 8.02. The Hall–Kier alpha value is -3.57. The molecule has 0 radical (unpaired) electrons. The van der Waals surface area contributed by atoms with Gasteiger partial charge in [0.15, 0.2) is 0 Å². The molecule has 3 aromatic rings. The van der Waals surface area contributed by atoms with Crippen molar-refractivity contribution in [2.45, 2.75) is 19.8 Å². The minimum absolute atomic E-state index is 0.150. The Bertz CT molecular complexity index is 1210. The first-order valence-corrected chi connectivity index (χ1v) is 10.8. The molecule has 0 unspecified atom stereocenters. The second-order valence-electron chi connectivity index (χ2n) is 7.63. The fraction of sp³-hybridized carbons (Fsp3) is 0.148. The topological polar surface area (TPSA) is 46.6 Å². The molecule has 0 fully saturated rings. The van der Waals surface area contributed by atoms with Crippen molar-refractivity contribution in [2.75, 3.05) is 12.0 Å². The molecule has 0 saturated heterocycles. The van der Waals surface area contributed by atoms with Crippen LogP contribution in [-0.2, 0) is 20.7 Å². The number of carbonyl (C=O) groups excluding carboxylic acids is 2. The molecule has 1 heterocycles. The van der Waals surface area contributed by atoms with Crippen molar-refractivity contribution in [3.8, 4) is 0 Å². The molecule has 0 bridgehead atoms. The van der Waals surface area contributed by atoms with Gasteiger partial charge in [-0.1, -0.05) is 84.5 Å². The Morgan fingerprint density at radius 2 is 1.56 bits per heavy atom. The number of anilines is 1. The number of rotatable bonds is 6. The van der Waals surface area contributed by atoms with E-state index in [1.54, 1.807) is 4.90 Å². The quantitative estimate of drug-likeness (QED) is 0.380. The highest BCUT2D eigenvalue weighted by atomic mass is 32.1. The van der Waals surface area contributed by atoms with E-state index < -0.39 is 0 Å². The number of hydrogen-bond acceptors (Lipinski definition) is 4. The number of amides is 1. The Kier molecular flexibility index (Phi) is 6.28. The molecular weight excluding hydrogens is 418 g/mol. The number of thiocarbonyl (C=S) groups is 1. The van der Waals surface area contributed by atoms with Gasteiger partial charge in [0.25, 0.3) is 5.91 Å². The van der Waals surface area contributed by atoms with Crippen LogP contribution in [0.1, 0.15) is 28.7 Å². The summed E-state index contributed by atoms with van der Waals surface area (Å²) in [6.45, 7) is 2.00. The van der Waals surface area contributed by atoms with Crippen molar-refractivity contribution < 1.29 is 14.3 Å². The zero-order valence-corrected chi connectivity index (χ0v) is 18.8. The van der Waals surface area contributed by atoms with E-state index in [4.69, 9.17) is 17.0 Å². The largest absolute Gasteiger partial charge is 0.469 e. The third-order valence-electron chi connectivity index (χ3n) is 5.55. The highest BCUT2D eigenvalue weighted by Gasteiger charge is 2.38. The number of aryl methyl sites for hydroxylation is 2. The van der Waals surface area contributed by atoms with Crippen LogP contribution in [0.2, 0.25) is 0 Å². The van der Waals surface area contributed by atoms with Gasteiger partial charge in [0.05, 0.1) is 18.4 Å². The van der Waals surface area contributed by atoms with Crippen LogP contribution in [0.5, 0.6) is 0 Å². The average Bonchev–Trinajstić information content (AvgIpc) is 3.08. The molecule has 1 aliphatic rings. The summed E-state index contributed by atoms with van der Waals surface area (Å²) >= 11 is 5.89. The van der Waals surface area contributed by atoms with Crippen molar-refractivity contribution >= 4 is 45.9 Å². The lowest BCUT2D eigenvalue weighted by atomic mass is 9.92. The van der Waals surface area contributed by atoms with Crippen LogP contribution in [0, 0.1) is 6.92 Å². The summed E-state index contributed by atoms with van der Waals surface area (Å²) in [6.07, 6.45) is 0.750. The molecule has 1 aliphatic heterocycles. The number of ether oxygens (including phenoxy) is 1. The first-order valence-electron chi connectivity index (χ1n) is 10.4. The molecule has 160 valence electrons. The van der Waals surface area contributed by atoms with Crippen LogP contribution >= 0.6 is 12.2 Å². The molecule has 0 atom stereocenters. The Balaban J connectivity index is 1.86. The number of nitrogens with zero attached hydrogens (tertiary/aromatic N) is 1. The van der Waals surface area contributed by atoms with E-state index in [0.717, 1.165) is 33.5 Å². The van der Waals surface area contributed by atoms with Crippen molar-refractivity contribution in [1.29, 1.82) is 0 Å². The van der Waals surface area contributed by atoms with Crippen molar-refractivity contribution in [3.05, 3.63) is 101 Å². The molecule has 0 saturated carbocycles. The lowest BCUT2D eigenvalue weighted by molar-refractivity contribution is -0.140. The highest BCUT2D eigenvalue weighted by Crippen LogP contribution is 2.40. The zero-order valence-electron chi connectivity index (χ0n) is 18.0. The monoisotopic (exact) mass is 441 g/mol. The molecular formula is C27H23NO3S. The fourth-order valence-electron chi connectivity index (χ4n) is 3.90. The molecule has 0 spiro atoms. The fourth-order valence-corrected chi connectivity index (χ4v) is 4.30. The van der Waals surface area contributed by atoms with E-state index in [9.17, 15) is 9.59 Å². The maximum Gasteiger partial charge on any atom is 0.305 e. The van der Waals surface area contributed by atoms with Gasteiger partial charge in [-0.25, -0.2) is 0 Å². The third kappa shape index (κ3) is 4.12. The van der Waals surface area contributed by atoms with Gasteiger partial charge in [-0.15, -0.1) is 0 Å². The van der Waals surface area contributed by atoms with Gasteiger partial charge in [0, 0.05) is 12.0 Å². The molecule has 0 aromatic heterocycles. The minimum Gasteiger partial charge on any atom is -0.469 e. The Morgan fingerprint density at radius 3 is 2.25 bits per heavy atom. The number of benzene rings is 3. The van der Waals surface area contributed by atoms with Crippen molar-refractivity contribution in [2.24, 2.45) is 0 Å². The summed E-state index contributed by atoms with van der Waals surface area (Å²) in [5, 5.41) is 0. The van der Waals surface area contributed by atoms with Crippen LogP contribution in [-0.4, -0.2) is 24.0 Å². The summed E-state index contributed by atoms with van der Waals surface area (Å²) < 4.78 is 4.81. The van der Waals surface area contributed by atoms with Crippen LogP contribution < -0.4 is 4.90 Å². The summed E-state index contributed by atoms with van der Waals surface area (Å²) in [4.78, 5) is 27.5. The molecule has 0 aliphatic carbocycles. The van der Waals surface area contributed by atoms with Gasteiger partial charge in [-0.3, -0.25) is 14.5 Å². The molecule has 3 aromatic carbocycles. The molecule has 5 heteroatoms. The number of methoxy groups -OCH3 is 1. The Labute approximate surface area is 193 Å². The molecule has 4 rings (SSSR count). The van der Waals surface area contributed by atoms with Gasteiger partial charge in [0.1, 0.15) is 4.99 Å². The summed E-state index contributed by atoms with van der Waals surface area (Å²) in [7, 11) is 1.38. The van der Waals surface area contributed by atoms with Gasteiger partial charge in [-0.05, 0) is 42.2 Å². The zero-order chi connectivity index (χ0) is 22.7. The second kappa shape index (κ2) is 9.28. The van der Waals surface area contributed by atoms with E-state index in [0.29, 0.717) is 17.0 Å². The van der Waals surface area contributed by atoms with Gasteiger partial charge < -0.3 is 4.74 Å². The summed E-state index contributed by atoms with van der Waals surface area (Å²) in [5.41, 5.74) is 5.76. The smallest absolute Gasteiger partial charge is 0.305 e. The number of hydrogen-bond donors (Lipinski definition) is 0. The lowest BCUT2D eigenvalue weighted by Gasteiger charge is -2.18. The minimum atomic E-state index is -0.275. The van der Waals surface area contributed by atoms with E-state index in [2.05, 4.69) is 0 Å². The van der Waals surface area contributed by atoms with Crippen LogP contribution in [0.3, 0.4) is 0 Å². The summed E-state index contributed by atoms with van der Waals surface area (Å²) in [6, 6.07) is 25.1. The average molecular weight is 442 g/mol. The van der Waals surface area contributed by atoms with Gasteiger partial charge >= 0.3 is 5.97 Å². The van der Waals surface area contributed by atoms with Crippen LogP contribution in [0.4, 0.5) is 5.69 Å². The molecule has 0 N–H and O–H groups in total. The van der Waals surface area contributed by atoms with E-state index in [-0.39, 0.29) is 18.3 Å². The van der Waals surface area contributed by atoms with Crippen molar-refractivity contribution in [3.63, 3.8) is 0 Å². The highest BCUT2D eigenvalue weighted by molar-refractivity contribution is 7.82. The SMILES string of the molecule is COC(=O)CCc1ccccc1C1=C(c2ccccc2)C(=O)N(c2ccc(C)cc2)C1=S. The number of esters is 1. The van der Waals surface area contributed by atoms with E-state index in [1.807, 2.05) is 85.8 Å². The Morgan fingerprint density at radius 1 is 0.906 bits per heavy atom. The van der Waals surface area contributed by atoms with E-state index in [1.165, 1.54) is 7.11 Å². The molecule has 1 amide bonds. The van der Waals surface area contributed by atoms with Crippen LogP contribution in [0.25, 0.3) is 11.1 Å².